The maximum Gasteiger partial charge on any atom is 0.244 e. The summed E-state index contributed by atoms with van der Waals surface area (Å²) in [7, 11) is -2.06. The minimum Gasteiger partial charge on any atom is -0.389 e. The Morgan fingerprint density at radius 1 is 1.47 bits per heavy atom. The van der Waals surface area contributed by atoms with E-state index in [9.17, 15) is 8.42 Å². The van der Waals surface area contributed by atoms with Gasteiger partial charge in [0.25, 0.3) is 0 Å². The van der Waals surface area contributed by atoms with Crippen LogP contribution in [0.25, 0.3) is 0 Å². The van der Waals surface area contributed by atoms with Crippen LogP contribution in [0.5, 0.6) is 0 Å². The third kappa shape index (κ3) is 3.89. The third-order valence-corrected chi connectivity index (χ3v) is 5.07. The first-order chi connectivity index (χ1) is 8.66. The predicted octanol–water partition coefficient (Wildman–Crippen LogP) is 2.25. The van der Waals surface area contributed by atoms with Crippen molar-refractivity contribution in [2.24, 2.45) is 11.7 Å². The van der Waals surface area contributed by atoms with Crippen LogP contribution in [0.4, 0.5) is 0 Å². The zero-order valence-corrected chi connectivity index (χ0v) is 13.4. The summed E-state index contributed by atoms with van der Waals surface area (Å²) in [5.41, 5.74) is 6.03. The number of nitrogens with two attached hydrogens (primary N) is 1. The molecule has 0 aliphatic carbocycles. The summed E-state index contributed by atoms with van der Waals surface area (Å²) >= 11 is 10.8. The van der Waals surface area contributed by atoms with E-state index in [0.717, 1.165) is 0 Å². The molecule has 0 unspecified atom stereocenters. The van der Waals surface area contributed by atoms with Gasteiger partial charge in [0.05, 0.1) is 5.02 Å². The van der Waals surface area contributed by atoms with E-state index in [-0.39, 0.29) is 20.8 Å². The second-order valence-electron chi connectivity index (χ2n) is 4.69. The molecule has 7 heteroatoms. The first kappa shape index (κ1) is 16.4. The molecule has 0 radical (unpaired) electrons. The predicted molar refractivity (Wildman–Crippen MR) is 82.0 cm³/mol. The number of hydrogen-bond donors (Lipinski definition) is 1. The average Bonchev–Trinajstić information content (AvgIpc) is 2.27. The monoisotopic (exact) mass is 320 g/mol. The van der Waals surface area contributed by atoms with Crippen molar-refractivity contribution in [3.05, 3.63) is 28.8 Å². The van der Waals surface area contributed by atoms with E-state index in [1.165, 1.54) is 23.5 Å². The molecule has 0 heterocycles. The molecule has 19 heavy (non-hydrogen) atoms. The highest BCUT2D eigenvalue weighted by Crippen LogP contribution is 2.25. The van der Waals surface area contributed by atoms with Crippen LogP contribution < -0.4 is 5.73 Å². The number of benzene rings is 1. The number of sulfonamides is 1. The number of hydrogen-bond acceptors (Lipinski definition) is 3. The molecule has 0 saturated heterocycles. The van der Waals surface area contributed by atoms with E-state index in [4.69, 9.17) is 29.6 Å². The smallest absolute Gasteiger partial charge is 0.244 e. The lowest BCUT2D eigenvalue weighted by atomic mass is 10.2. The van der Waals surface area contributed by atoms with Crippen LogP contribution in [0, 0.1) is 5.92 Å². The van der Waals surface area contributed by atoms with Crippen molar-refractivity contribution in [1.29, 1.82) is 0 Å². The molecule has 0 aliphatic rings. The normalized spacial score (nSPS) is 12.1. The number of nitrogens with zero attached hydrogens (tertiary/aromatic N) is 1. The van der Waals surface area contributed by atoms with Gasteiger partial charge in [-0.05, 0) is 18.1 Å². The molecule has 0 bridgehead atoms. The van der Waals surface area contributed by atoms with Crippen LogP contribution in [0.15, 0.2) is 23.1 Å². The molecule has 0 amide bonds. The minimum absolute atomic E-state index is 0.0670. The fourth-order valence-electron chi connectivity index (χ4n) is 1.64. The Bertz CT molecular complexity index is 585. The van der Waals surface area contributed by atoms with Gasteiger partial charge in [-0.3, -0.25) is 0 Å². The first-order valence-corrected chi connectivity index (χ1v) is 7.94. The van der Waals surface area contributed by atoms with E-state index in [2.05, 4.69) is 0 Å². The lowest BCUT2D eigenvalue weighted by Crippen LogP contribution is -2.30. The van der Waals surface area contributed by atoms with Gasteiger partial charge in [-0.25, -0.2) is 12.7 Å². The zero-order chi connectivity index (χ0) is 14.8. The molecule has 0 spiro atoms. The number of thiocarbonyl (C=S) groups is 1. The summed E-state index contributed by atoms with van der Waals surface area (Å²) in [4.78, 5) is 0.249. The topological polar surface area (TPSA) is 63.4 Å². The van der Waals surface area contributed by atoms with Crippen LogP contribution >= 0.6 is 23.8 Å². The third-order valence-electron chi connectivity index (χ3n) is 2.53. The Kier molecular flexibility index (Phi) is 5.32. The standard InChI is InChI=1S/C12H17ClN2O2S2/c1-8(2)7-15(3)19(16,17)11-5-4-9(12(14)18)6-10(11)13/h4-6,8H,7H2,1-3H3,(H2,14,18). The Hall–Kier alpha value is -0.690. The van der Waals surface area contributed by atoms with Gasteiger partial charge >= 0.3 is 0 Å². The molecule has 1 rings (SSSR count). The molecule has 1 aromatic carbocycles. The van der Waals surface area contributed by atoms with Crippen LogP contribution in [0.2, 0.25) is 5.02 Å². The maximum absolute atomic E-state index is 12.3. The van der Waals surface area contributed by atoms with Crippen molar-refractivity contribution in [3.63, 3.8) is 0 Å². The summed E-state index contributed by atoms with van der Waals surface area (Å²) < 4.78 is 26.0. The lowest BCUT2D eigenvalue weighted by molar-refractivity contribution is 0.417. The fourth-order valence-corrected chi connectivity index (χ4v) is 3.62. The molecule has 1 aromatic rings. The Morgan fingerprint density at radius 2 is 2.05 bits per heavy atom. The zero-order valence-electron chi connectivity index (χ0n) is 11.1. The first-order valence-electron chi connectivity index (χ1n) is 5.72. The summed E-state index contributed by atoms with van der Waals surface area (Å²) in [6.45, 7) is 4.32. The average molecular weight is 321 g/mol. The van der Waals surface area contributed by atoms with E-state index < -0.39 is 10.0 Å². The molecule has 0 atom stereocenters. The van der Waals surface area contributed by atoms with Crippen molar-refractivity contribution in [3.8, 4) is 0 Å². The van der Waals surface area contributed by atoms with Crippen LogP contribution in [-0.4, -0.2) is 31.3 Å². The van der Waals surface area contributed by atoms with Crippen LogP contribution in [0.1, 0.15) is 19.4 Å². The van der Waals surface area contributed by atoms with Crippen molar-refractivity contribution in [1.82, 2.24) is 4.31 Å². The minimum atomic E-state index is -3.59. The summed E-state index contributed by atoms with van der Waals surface area (Å²) in [6.07, 6.45) is 0. The van der Waals surface area contributed by atoms with Gasteiger partial charge in [-0.15, -0.1) is 0 Å². The largest absolute Gasteiger partial charge is 0.389 e. The second-order valence-corrected chi connectivity index (χ2v) is 7.55. The highest BCUT2D eigenvalue weighted by molar-refractivity contribution is 7.89. The SMILES string of the molecule is CC(C)CN(C)S(=O)(=O)c1ccc(C(N)=S)cc1Cl. The summed E-state index contributed by atoms with van der Waals surface area (Å²) in [5.74, 6) is 0.231. The van der Waals surface area contributed by atoms with Gasteiger partial charge in [-0.1, -0.05) is 43.7 Å². The van der Waals surface area contributed by atoms with Gasteiger partial charge in [0.2, 0.25) is 10.0 Å². The van der Waals surface area contributed by atoms with Crippen molar-refractivity contribution in [2.75, 3.05) is 13.6 Å². The molecule has 0 aromatic heterocycles. The van der Waals surface area contributed by atoms with Gasteiger partial charge < -0.3 is 5.73 Å². The molecule has 106 valence electrons. The molecule has 0 aliphatic heterocycles. The van der Waals surface area contributed by atoms with E-state index >= 15 is 0 Å². The molecule has 0 saturated carbocycles. The number of rotatable bonds is 5. The van der Waals surface area contributed by atoms with Crippen molar-refractivity contribution >= 4 is 38.8 Å². The molecule has 4 nitrogen and oxygen atoms in total. The highest BCUT2D eigenvalue weighted by atomic mass is 35.5. The lowest BCUT2D eigenvalue weighted by Gasteiger charge is -2.20. The second kappa shape index (κ2) is 6.17. The van der Waals surface area contributed by atoms with E-state index in [1.807, 2.05) is 13.8 Å². The van der Waals surface area contributed by atoms with Crippen LogP contribution in [-0.2, 0) is 10.0 Å². The van der Waals surface area contributed by atoms with Gasteiger partial charge in [0.1, 0.15) is 9.88 Å². The Morgan fingerprint density at radius 3 is 2.47 bits per heavy atom. The summed E-state index contributed by atoms with van der Waals surface area (Å²) in [6, 6.07) is 4.47. The van der Waals surface area contributed by atoms with Gasteiger partial charge in [0.15, 0.2) is 0 Å². The summed E-state index contributed by atoms with van der Waals surface area (Å²) in [5, 5.41) is 0.126. The fraction of sp³-hybridized carbons (Fsp3) is 0.417. The molecule has 0 fully saturated rings. The van der Waals surface area contributed by atoms with Gasteiger partial charge in [0, 0.05) is 19.2 Å². The van der Waals surface area contributed by atoms with E-state index in [1.54, 1.807) is 6.07 Å². The molecular formula is C12H17ClN2O2S2. The van der Waals surface area contributed by atoms with E-state index in [0.29, 0.717) is 12.1 Å². The Balaban J connectivity index is 3.19. The maximum atomic E-state index is 12.3. The van der Waals surface area contributed by atoms with Crippen LogP contribution in [0.3, 0.4) is 0 Å². The van der Waals surface area contributed by atoms with Gasteiger partial charge in [-0.2, -0.15) is 0 Å². The number of halogens is 1. The Labute approximate surface area is 124 Å². The highest BCUT2D eigenvalue weighted by Gasteiger charge is 2.24. The van der Waals surface area contributed by atoms with Crippen molar-refractivity contribution in [2.45, 2.75) is 18.7 Å². The quantitative estimate of drug-likeness (QED) is 0.845. The molecule has 2 N–H and O–H groups in total. The molecular weight excluding hydrogens is 304 g/mol. The van der Waals surface area contributed by atoms with Crippen molar-refractivity contribution < 1.29 is 8.42 Å².